The molecule has 1 saturated heterocycles. The van der Waals surface area contributed by atoms with Crippen LogP contribution in [0.5, 0.6) is 0 Å². The van der Waals surface area contributed by atoms with Crippen LogP contribution in [0.25, 0.3) is 0 Å². The molecule has 1 aliphatic heterocycles. The Hall–Kier alpha value is -0.910. The molecule has 5 nitrogen and oxygen atoms in total. The smallest absolute Gasteiger partial charge is 0.106 e. The number of aliphatic hydroxyl groups excluding tert-OH is 1. The number of imidazole rings is 1. The summed E-state index contributed by atoms with van der Waals surface area (Å²) in [7, 11) is 0. The van der Waals surface area contributed by atoms with Gasteiger partial charge in [-0.1, -0.05) is 26.2 Å². The van der Waals surface area contributed by atoms with Gasteiger partial charge in [0, 0.05) is 57.5 Å². The number of aliphatic hydroxyl groups is 1. The number of aromatic amines is 1. The molecule has 0 bridgehead atoms. The Morgan fingerprint density at radius 1 is 1.20 bits per heavy atom. The van der Waals surface area contributed by atoms with Crippen LogP contribution in [0, 0.1) is 12.8 Å². The molecular weight excluding hydrogens is 312 g/mol. The van der Waals surface area contributed by atoms with Gasteiger partial charge in [0.1, 0.15) is 5.82 Å². The Balaban J connectivity index is 1.57. The molecule has 0 aromatic carbocycles. The summed E-state index contributed by atoms with van der Waals surface area (Å²) in [5.74, 6) is 1.97. The largest absolute Gasteiger partial charge is 0.396 e. The van der Waals surface area contributed by atoms with E-state index in [2.05, 4.69) is 28.6 Å². The first-order valence-corrected chi connectivity index (χ1v) is 10.3. The van der Waals surface area contributed by atoms with Crippen LogP contribution in [0.1, 0.15) is 62.7 Å². The lowest BCUT2D eigenvalue weighted by atomic mass is 9.88. The highest BCUT2D eigenvalue weighted by molar-refractivity contribution is 5.13. The Kier molecular flexibility index (Phi) is 6.91. The van der Waals surface area contributed by atoms with Gasteiger partial charge in [0.2, 0.25) is 0 Å². The van der Waals surface area contributed by atoms with Crippen molar-refractivity contribution in [3.63, 3.8) is 0 Å². The van der Waals surface area contributed by atoms with E-state index in [1.54, 1.807) is 0 Å². The van der Waals surface area contributed by atoms with Crippen LogP contribution in [0.2, 0.25) is 0 Å². The van der Waals surface area contributed by atoms with Crippen molar-refractivity contribution in [3.05, 3.63) is 17.2 Å². The summed E-state index contributed by atoms with van der Waals surface area (Å²) in [4.78, 5) is 13.3. The number of aryl methyl sites for hydroxylation is 2. The van der Waals surface area contributed by atoms with Crippen molar-refractivity contribution in [3.8, 4) is 0 Å². The molecule has 25 heavy (non-hydrogen) atoms. The van der Waals surface area contributed by atoms with Crippen molar-refractivity contribution >= 4 is 0 Å². The van der Waals surface area contributed by atoms with Crippen molar-refractivity contribution in [1.29, 1.82) is 0 Å². The highest BCUT2D eigenvalue weighted by Gasteiger charge is 2.29. The van der Waals surface area contributed by atoms with Crippen molar-refractivity contribution in [2.24, 2.45) is 5.92 Å². The van der Waals surface area contributed by atoms with Crippen LogP contribution in [0.3, 0.4) is 0 Å². The van der Waals surface area contributed by atoms with Crippen LogP contribution in [0.15, 0.2) is 0 Å². The maximum absolute atomic E-state index is 9.53. The molecule has 1 aromatic rings. The van der Waals surface area contributed by atoms with Crippen LogP contribution < -0.4 is 0 Å². The minimum atomic E-state index is 0.293. The maximum Gasteiger partial charge on any atom is 0.106 e. The number of aromatic nitrogens is 2. The van der Waals surface area contributed by atoms with Crippen LogP contribution in [-0.4, -0.2) is 63.7 Å². The van der Waals surface area contributed by atoms with Gasteiger partial charge in [-0.15, -0.1) is 0 Å². The summed E-state index contributed by atoms with van der Waals surface area (Å²) in [6.45, 7) is 10.0. The fraction of sp³-hybridized carbons (Fsp3) is 0.850. The van der Waals surface area contributed by atoms with Gasteiger partial charge in [-0.25, -0.2) is 4.98 Å². The standard InChI is InChI=1S/C20H36N4O/c1-3-20-21-16(2)19(22-20)15-23-10-11-24(18(14-23)9-12-25)13-17-7-5-4-6-8-17/h17-18,25H,3-15H2,1-2H3,(H,21,22)/t18-/m1/s1. The molecule has 2 fully saturated rings. The van der Waals surface area contributed by atoms with E-state index >= 15 is 0 Å². The molecular formula is C20H36N4O. The van der Waals surface area contributed by atoms with E-state index in [9.17, 15) is 5.11 Å². The first kappa shape index (κ1) is 18.9. The van der Waals surface area contributed by atoms with Gasteiger partial charge in [0.15, 0.2) is 0 Å². The van der Waals surface area contributed by atoms with Gasteiger partial charge in [0.25, 0.3) is 0 Å². The van der Waals surface area contributed by atoms with Crippen LogP contribution in [-0.2, 0) is 13.0 Å². The molecule has 0 unspecified atom stereocenters. The Labute approximate surface area is 152 Å². The monoisotopic (exact) mass is 348 g/mol. The van der Waals surface area contributed by atoms with E-state index in [0.717, 1.165) is 50.8 Å². The predicted molar refractivity (Wildman–Crippen MR) is 102 cm³/mol. The van der Waals surface area contributed by atoms with Crippen LogP contribution in [0.4, 0.5) is 0 Å². The van der Waals surface area contributed by atoms with Gasteiger partial charge < -0.3 is 10.1 Å². The van der Waals surface area contributed by atoms with Gasteiger partial charge in [-0.3, -0.25) is 9.80 Å². The first-order valence-electron chi connectivity index (χ1n) is 10.3. The zero-order valence-corrected chi connectivity index (χ0v) is 16.1. The highest BCUT2D eigenvalue weighted by atomic mass is 16.3. The van der Waals surface area contributed by atoms with Gasteiger partial charge in [-0.05, 0) is 32.1 Å². The van der Waals surface area contributed by atoms with E-state index in [4.69, 9.17) is 4.98 Å². The number of nitrogens with one attached hydrogen (secondary N) is 1. The number of hydrogen-bond acceptors (Lipinski definition) is 4. The summed E-state index contributed by atoms with van der Waals surface area (Å²) >= 11 is 0. The van der Waals surface area contributed by atoms with Gasteiger partial charge >= 0.3 is 0 Å². The molecule has 5 heteroatoms. The summed E-state index contributed by atoms with van der Waals surface area (Å²) in [6.07, 6.45) is 8.90. The molecule has 1 saturated carbocycles. The number of H-pyrrole nitrogens is 1. The molecule has 142 valence electrons. The first-order chi connectivity index (χ1) is 12.2. The number of hydrogen-bond donors (Lipinski definition) is 2. The average Bonchev–Trinajstić information content (AvgIpc) is 2.98. The molecule has 0 spiro atoms. The Morgan fingerprint density at radius 3 is 2.68 bits per heavy atom. The summed E-state index contributed by atoms with van der Waals surface area (Å²) in [5, 5.41) is 9.53. The normalized spacial score (nSPS) is 24.0. The second kappa shape index (κ2) is 9.15. The van der Waals surface area contributed by atoms with E-state index in [1.807, 2.05) is 0 Å². The van der Waals surface area contributed by atoms with E-state index in [-0.39, 0.29) is 0 Å². The molecule has 3 rings (SSSR count). The molecule has 0 amide bonds. The quantitative estimate of drug-likeness (QED) is 0.795. The third-order valence-electron chi connectivity index (χ3n) is 6.11. The average molecular weight is 349 g/mol. The van der Waals surface area contributed by atoms with Crippen molar-refractivity contribution < 1.29 is 5.11 Å². The molecule has 1 atom stereocenters. The zero-order valence-electron chi connectivity index (χ0n) is 16.1. The van der Waals surface area contributed by atoms with Crippen LogP contribution >= 0.6 is 0 Å². The maximum atomic E-state index is 9.53. The fourth-order valence-corrected chi connectivity index (χ4v) is 4.56. The Morgan fingerprint density at radius 2 is 2.00 bits per heavy atom. The zero-order chi connectivity index (χ0) is 17.6. The Bertz CT molecular complexity index is 524. The molecule has 1 aromatic heterocycles. The number of piperazine rings is 1. The third kappa shape index (κ3) is 5.05. The highest BCUT2D eigenvalue weighted by Crippen LogP contribution is 2.26. The van der Waals surface area contributed by atoms with E-state index in [1.165, 1.54) is 50.0 Å². The molecule has 2 N–H and O–H groups in total. The molecule has 2 aliphatic rings. The lowest BCUT2D eigenvalue weighted by Crippen LogP contribution is -2.54. The van der Waals surface area contributed by atoms with Crippen molar-refractivity contribution in [1.82, 2.24) is 19.8 Å². The predicted octanol–water partition coefficient (Wildman–Crippen LogP) is 2.73. The van der Waals surface area contributed by atoms with Gasteiger partial charge in [0.05, 0.1) is 5.69 Å². The summed E-state index contributed by atoms with van der Waals surface area (Å²) < 4.78 is 0. The number of rotatable bonds is 7. The fourth-order valence-electron chi connectivity index (χ4n) is 4.56. The third-order valence-corrected chi connectivity index (χ3v) is 6.11. The second-order valence-electron chi connectivity index (χ2n) is 8.01. The summed E-state index contributed by atoms with van der Waals surface area (Å²) in [6, 6.07) is 0.491. The minimum Gasteiger partial charge on any atom is -0.396 e. The lowest BCUT2D eigenvalue weighted by molar-refractivity contribution is 0.0395. The SMILES string of the molecule is CCc1nc(CN2CCN(CC3CCCCC3)[C@H](CCO)C2)c(C)[nH]1. The minimum absolute atomic E-state index is 0.293. The summed E-state index contributed by atoms with van der Waals surface area (Å²) in [5.41, 5.74) is 2.40. The molecule has 2 heterocycles. The number of nitrogens with zero attached hydrogens (tertiary/aromatic N) is 3. The second-order valence-corrected chi connectivity index (χ2v) is 8.01. The van der Waals surface area contributed by atoms with Crippen molar-refractivity contribution in [2.75, 3.05) is 32.8 Å². The van der Waals surface area contributed by atoms with E-state index in [0.29, 0.717) is 12.6 Å². The molecule has 1 aliphatic carbocycles. The topological polar surface area (TPSA) is 55.4 Å². The lowest BCUT2D eigenvalue weighted by Gasteiger charge is -2.43. The van der Waals surface area contributed by atoms with Crippen molar-refractivity contribution in [2.45, 2.75) is 71.4 Å². The van der Waals surface area contributed by atoms with Gasteiger partial charge in [-0.2, -0.15) is 0 Å². The van der Waals surface area contributed by atoms with E-state index < -0.39 is 0 Å². The molecule has 0 radical (unpaired) electrons.